The molecule has 2 N–H and O–H groups in total. The lowest BCUT2D eigenvalue weighted by atomic mass is 9.98. The van der Waals surface area contributed by atoms with E-state index in [9.17, 15) is 0 Å². The molecule has 7 heteroatoms. The molecular formula is C13H17Cl3N4. The lowest BCUT2D eigenvalue weighted by Gasteiger charge is -2.19. The van der Waals surface area contributed by atoms with E-state index in [1.165, 1.54) is 0 Å². The Hall–Kier alpha value is -0.810. The van der Waals surface area contributed by atoms with Crippen LogP contribution in [0.2, 0.25) is 5.02 Å². The molecule has 20 heavy (non-hydrogen) atoms. The largest absolute Gasteiger partial charge is 0.325 e. The van der Waals surface area contributed by atoms with Crippen molar-refractivity contribution in [1.29, 1.82) is 0 Å². The first kappa shape index (κ1) is 17.2. The van der Waals surface area contributed by atoms with Gasteiger partial charge in [-0.1, -0.05) is 11.6 Å². The molecule has 3 rings (SSSR count). The van der Waals surface area contributed by atoms with Crippen molar-refractivity contribution in [2.75, 3.05) is 13.1 Å². The van der Waals surface area contributed by atoms with E-state index in [1.54, 1.807) is 0 Å². The highest BCUT2D eigenvalue weighted by Crippen LogP contribution is 2.24. The normalized spacial score (nSPS) is 15.2. The first-order chi connectivity index (χ1) is 8.83. The molecule has 1 aromatic carbocycles. The van der Waals surface area contributed by atoms with E-state index < -0.39 is 0 Å². The minimum atomic E-state index is 0. The van der Waals surface area contributed by atoms with Crippen molar-refractivity contribution in [3.63, 3.8) is 0 Å². The number of nitrogens with zero attached hydrogens (tertiary/aromatic N) is 2. The zero-order chi connectivity index (χ0) is 12.4. The molecule has 2 aromatic rings. The molecule has 4 nitrogen and oxygen atoms in total. The van der Waals surface area contributed by atoms with Crippen molar-refractivity contribution >= 4 is 36.4 Å². The van der Waals surface area contributed by atoms with E-state index in [0.29, 0.717) is 5.92 Å². The Labute approximate surface area is 135 Å². The van der Waals surface area contributed by atoms with Crippen molar-refractivity contribution in [2.45, 2.75) is 18.8 Å². The van der Waals surface area contributed by atoms with Crippen LogP contribution in [-0.4, -0.2) is 28.3 Å². The summed E-state index contributed by atoms with van der Waals surface area (Å²) in [5.74, 6) is 2.32. The second kappa shape index (κ2) is 7.84. The predicted octanol–water partition coefficient (Wildman–Crippen LogP) is 3.44. The third-order valence-corrected chi connectivity index (χ3v) is 3.60. The highest BCUT2D eigenvalue weighted by atomic mass is 35.5. The molecule has 0 unspecified atom stereocenters. The van der Waals surface area contributed by atoms with Gasteiger partial charge in [0.25, 0.3) is 0 Å². The second-order valence-electron chi connectivity index (χ2n) is 4.59. The maximum absolute atomic E-state index is 5.87. The van der Waals surface area contributed by atoms with E-state index in [4.69, 9.17) is 11.6 Å². The zero-order valence-corrected chi connectivity index (χ0v) is 13.2. The van der Waals surface area contributed by atoms with Crippen molar-refractivity contribution in [2.24, 2.45) is 0 Å². The number of benzene rings is 1. The summed E-state index contributed by atoms with van der Waals surface area (Å²) in [6.45, 7) is 2.11. The summed E-state index contributed by atoms with van der Waals surface area (Å²) in [6.07, 6.45) is 2.24. The number of aromatic amines is 1. The van der Waals surface area contributed by atoms with E-state index in [-0.39, 0.29) is 24.8 Å². The van der Waals surface area contributed by atoms with Gasteiger partial charge in [-0.25, -0.2) is 0 Å². The Morgan fingerprint density at radius 3 is 2.30 bits per heavy atom. The fourth-order valence-electron chi connectivity index (χ4n) is 2.29. The Balaban J connectivity index is 0.000001000. The Kier molecular flexibility index (Phi) is 6.76. The maximum atomic E-state index is 5.87. The van der Waals surface area contributed by atoms with Gasteiger partial charge in [0.1, 0.15) is 5.82 Å². The van der Waals surface area contributed by atoms with Gasteiger partial charge < -0.3 is 10.3 Å². The van der Waals surface area contributed by atoms with Gasteiger partial charge in [0, 0.05) is 16.5 Å². The van der Waals surface area contributed by atoms with Crippen LogP contribution in [0.3, 0.4) is 0 Å². The first-order valence-electron chi connectivity index (χ1n) is 6.22. The topological polar surface area (TPSA) is 53.6 Å². The summed E-state index contributed by atoms with van der Waals surface area (Å²) in [4.78, 5) is 3.33. The van der Waals surface area contributed by atoms with Crippen LogP contribution < -0.4 is 5.32 Å². The molecule has 1 aliphatic heterocycles. The third-order valence-electron chi connectivity index (χ3n) is 3.35. The summed E-state index contributed by atoms with van der Waals surface area (Å²) in [7, 11) is 0. The van der Waals surface area contributed by atoms with Crippen molar-refractivity contribution in [1.82, 2.24) is 20.5 Å². The van der Waals surface area contributed by atoms with Gasteiger partial charge in [0.05, 0.1) is 0 Å². The van der Waals surface area contributed by atoms with Gasteiger partial charge in [0.2, 0.25) is 0 Å². The van der Waals surface area contributed by atoms with E-state index >= 15 is 0 Å². The molecule has 0 spiro atoms. The molecule has 1 aromatic heterocycles. The Morgan fingerprint density at radius 1 is 1.00 bits per heavy atom. The van der Waals surface area contributed by atoms with Crippen LogP contribution in [0.25, 0.3) is 11.4 Å². The fraction of sp³-hybridized carbons (Fsp3) is 0.385. The van der Waals surface area contributed by atoms with Crippen LogP contribution in [0.4, 0.5) is 0 Å². The summed E-state index contributed by atoms with van der Waals surface area (Å²) < 4.78 is 0. The standard InChI is InChI=1S/C13H15ClN4.2ClH/c14-11-3-1-9(2-4-11)12-16-13(18-17-12)10-5-7-15-8-6-10;;/h1-4,10,15H,5-8H2,(H,16,17,18);2*1H. The number of H-pyrrole nitrogens is 1. The molecule has 0 atom stereocenters. The average molecular weight is 336 g/mol. The smallest absolute Gasteiger partial charge is 0.161 e. The number of aromatic nitrogens is 3. The highest BCUT2D eigenvalue weighted by Gasteiger charge is 2.19. The first-order valence-corrected chi connectivity index (χ1v) is 6.60. The molecule has 2 heterocycles. The van der Waals surface area contributed by atoms with Gasteiger partial charge in [-0.2, -0.15) is 0 Å². The number of halogens is 3. The molecule has 0 amide bonds. The third kappa shape index (κ3) is 3.85. The highest BCUT2D eigenvalue weighted by molar-refractivity contribution is 6.30. The van der Waals surface area contributed by atoms with E-state index in [0.717, 1.165) is 48.2 Å². The van der Waals surface area contributed by atoms with Crippen LogP contribution in [0.5, 0.6) is 0 Å². The lowest BCUT2D eigenvalue weighted by Crippen LogP contribution is -2.27. The van der Waals surface area contributed by atoms with Gasteiger partial charge >= 0.3 is 0 Å². The van der Waals surface area contributed by atoms with Crippen molar-refractivity contribution in [3.8, 4) is 11.4 Å². The quantitative estimate of drug-likeness (QED) is 0.884. The van der Waals surface area contributed by atoms with Crippen molar-refractivity contribution in [3.05, 3.63) is 35.1 Å². The van der Waals surface area contributed by atoms with Crippen LogP contribution in [0, 0.1) is 0 Å². The SMILES string of the molecule is Cl.Cl.Clc1ccc(-c2nnc(C3CCNCC3)[nH]2)cc1. The molecule has 1 saturated heterocycles. The van der Waals surface area contributed by atoms with Crippen molar-refractivity contribution < 1.29 is 0 Å². The molecule has 0 bridgehead atoms. The van der Waals surface area contributed by atoms with Crippen LogP contribution in [0.1, 0.15) is 24.6 Å². The average Bonchev–Trinajstić information content (AvgIpc) is 2.90. The molecule has 0 aliphatic carbocycles. The Bertz CT molecular complexity index is 521. The summed E-state index contributed by atoms with van der Waals surface area (Å²) >= 11 is 5.87. The minimum Gasteiger partial charge on any atom is -0.325 e. The summed E-state index contributed by atoms with van der Waals surface area (Å²) in [5, 5.41) is 12.6. The zero-order valence-electron chi connectivity index (χ0n) is 10.8. The molecule has 0 saturated carbocycles. The minimum absolute atomic E-state index is 0. The molecule has 1 aliphatic rings. The van der Waals surface area contributed by atoms with Gasteiger partial charge in [0.15, 0.2) is 5.82 Å². The molecule has 110 valence electrons. The number of piperidine rings is 1. The number of nitrogens with one attached hydrogen (secondary N) is 2. The summed E-state index contributed by atoms with van der Waals surface area (Å²) in [6, 6.07) is 7.64. The van der Waals surface area contributed by atoms with Crippen LogP contribution in [-0.2, 0) is 0 Å². The lowest BCUT2D eigenvalue weighted by molar-refractivity contribution is 0.446. The van der Waals surface area contributed by atoms with Gasteiger partial charge in [-0.15, -0.1) is 35.0 Å². The molecular weight excluding hydrogens is 319 g/mol. The molecule has 1 fully saturated rings. The summed E-state index contributed by atoms with van der Waals surface area (Å²) in [5.41, 5.74) is 1.02. The molecule has 0 radical (unpaired) electrons. The van der Waals surface area contributed by atoms with Gasteiger partial charge in [-0.3, -0.25) is 0 Å². The van der Waals surface area contributed by atoms with E-state index in [1.807, 2.05) is 24.3 Å². The maximum Gasteiger partial charge on any atom is 0.161 e. The predicted molar refractivity (Wildman–Crippen MR) is 86.2 cm³/mol. The number of rotatable bonds is 2. The number of hydrogen-bond donors (Lipinski definition) is 2. The Morgan fingerprint density at radius 2 is 1.65 bits per heavy atom. The fourth-order valence-corrected chi connectivity index (χ4v) is 2.42. The van der Waals surface area contributed by atoms with Crippen LogP contribution >= 0.6 is 36.4 Å². The van der Waals surface area contributed by atoms with E-state index in [2.05, 4.69) is 20.5 Å². The second-order valence-corrected chi connectivity index (χ2v) is 5.03. The van der Waals surface area contributed by atoms with Gasteiger partial charge in [-0.05, 0) is 50.2 Å². The van der Waals surface area contributed by atoms with Crippen LogP contribution in [0.15, 0.2) is 24.3 Å². The number of hydrogen-bond acceptors (Lipinski definition) is 3. The monoisotopic (exact) mass is 334 g/mol.